The van der Waals surface area contributed by atoms with Gasteiger partial charge in [0.2, 0.25) is 0 Å². The Hall–Kier alpha value is -4.38. The van der Waals surface area contributed by atoms with Crippen LogP contribution in [-0.4, -0.2) is 82.0 Å². The van der Waals surface area contributed by atoms with Crippen molar-refractivity contribution >= 4 is 28.6 Å². The molecular formula is C31H37N7O4. The van der Waals surface area contributed by atoms with Crippen molar-refractivity contribution in [1.29, 1.82) is 0 Å². The first-order chi connectivity index (χ1) is 20.2. The van der Waals surface area contributed by atoms with Gasteiger partial charge in [0.1, 0.15) is 35.1 Å². The first kappa shape index (κ1) is 27.8. The number of nitrogens with zero attached hydrogens (tertiary/aromatic N) is 5. The highest BCUT2D eigenvalue weighted by Gasteiger charge is 2.28. The molecule has 2 aromatic carbocycles. The summed E-state index contributed by atoms with van der Waals surface area (Å²) in [6.45, 7) is 10.1. The van der Waals surface area contributed by atoms with Crippen LogP contribution in [0, 0.1) is 0 Å². The smallest absolute Gasteiger partial charge is 0.410 e. The predicted molar refractivity (Wildman–Crippen MR) is 161 cm³/mol. The molecule has 0 atom stereocenters. The van der Waals surface area contributed by atoms with Crippen molar-refractivity contribution in [2.24, 2.45) is 0 Å². The quantitative estimate of drug-likeness (QED) is 0.322. The summed E-state index contributed by atoms with van der Waals surface area (Å²) in [5.41, 5.74) is 11.5. The van der Waals surface area contributed by atoms with Crippen LogP contribution in [-0.2, 0) is 9.47 Å². The predicted octanol–water partition coefficient (Wildman–Crippen LogP) is 4.88. The Kier molecular flexibility index (Phi) is 7.59. The third kappa shape index (κ3) is 6.11. The van der Waals surface area contributed by atoms with Crippen molar-refractivity contribution in [3.63, 3.8) is 0 Å². The first-order valence-corrected chi connectivity index (χ1v) is 14.4. The van der Waals surface area contributed by atoms with Crippen LogP contribution in [0.1, 0.15) is 33.6 Å². The maximum atomic E-state index is 12.4. The van der Waals surface area contributed by atoms with Crippen molar-refractivity contribution in [3.05, 3.63) is 48.8 Å². The molecule has 2 aliphatic rings. The number of imidazole rings is 1. The summed E-state index contributed by atoms with van der Waals surface area (Å²) in [4.78, 5) is 33.5. The number of benzene rings is 2. The fourth-order valence-electron chi connectivity index (χ4n) is 5.30. The molecule has 2 fully saturated rings. The Bertz CT molecular complexity index is 1550. The summed E-state index contributed by atoms with van der Waals surface area (Å²) in [6, 6.07) is 14.0. The van der Waals surface area contributed by atoms with Crippen LogP contribution in [0.25, 0.3) is 33.8 Å². The number of hydrogen-bond donors (Lipinski definition) is 2. The highest BCUT2D eigenvalue weighted by atomic mass is 16.6. The first-order valence-electron chi connectivity index (χ1n) is 14.4. The maximum absolute atomic E-state index is 12.4. The highest BCUT2D eigenvalue weighted by Crippen LogP contribution is 2.33. The van der Waals surface area contributed by atoms with Crippen LogP contribution >= 0.6 is 0 Å². The second kappa shape index (κ2) is 11.5. The molecule has 3 N–H and O–H groups in total. The van der Waals surface area contributed by atoms with Gasteiger partial charge in [-0.15, -0.1) is 0 Å². The van der Waals surface area contributed by atoms with E-state index in [4.69, 9.17) is 24.9 Å². The number of nitrogen functional groups attached to an aromatic ring is 1. The number of hydrogen-bond acceptors (Lipinski definition) is 9. The third-order valence-corrected chi connectivity index (χ3v) is 7.48. The average Bonchev–Trinajstić information content (AvgIpc) is 3.43. The molecule has 4 heterocycles. The number of morpholine rings is 1. The van der Waals surface area contributed by atoms with Crippen molar-refractivity contribution in [2.75, 3.05) is 50.0 Å². The van der Waals surface area contributed by atoms with Crippen molar-refractivity contribution in [1.82, 2.24) is 24.8 Å². The highest BCUT2D eigenvalue weighted by molar-refractivity contribution is 5.90. The van der Waals surface area contributed by atoms with Crippen LogP contribution in [0.3, 0.4) is 0 Å². The fraction of sp³-hybridized carbons (Fsp3) is 0.419. The Morgan fingerprint density at radius 3 is 2.40 bits per heavy atom. The maximum Gasteiger partial charge on any atom is 0.410 e. The molecule has 11 nitrogen and oxygen atoms in total. The largest absolute Gasteiger partial charge is 0.488 e. The molecule has 1 amide bonds. The van der Waals surface area contributed by atoms with Gasteiger partial charge in [-0.3, -0.25) is 0 Å². The monoisotopic (exact) mass is 571 g/mol. The third-order valence-electron chi connectivity index (χ3n) is 7.48. The number of likely N-dealkylation sites (tertiary alicyclic amines) is 1. The van der Waals surface area contributed by atoms with E-state index in [1.165, 1.54) is 12.0 Å². The number of aromatic amines is 1. The van der Waals surface area contributed by atoms with E-state index in [-0.39, 0.29) is 12.2 Å². The number of anilines is 2. The topological polar surface area (TPSA) is 132 Å². The molecule has 0 spiro atoms. The molecule has 11 heteroatoms. The van der Waals surface area contributed by atoms with E-state index in [0.29, 0.717) is 48.7 Å². The number of piperidine rings is 1. The van der Waals surface area contributed by atoms with Crippen molar-refractivity contribution in [3.8, 4) is 28.4 Å². The normalized spacial score (nSPS) is 16.5. The summed E-state index contributed by atoms with van der Waals surface area (Å²) in [5.74, 6) is 1.34. The van der Waals surface area contributed by atoms with Gasteiger partial charge in [0.15, 0.2) is 5.65 Å². The molecule has 4 aromatic rings. The number of aromatic nitrogens is 4. The van der Waals surface area contributed by atoms with Gasteiger partial charge < -0.3 is 34.7 Å². The SMILES string of the molecule is CC(C)(C)OC(=O)N1CCC(Oc2ccc(-c3ncnc4nc(-c5ccc(N6CCOCC6)cc5)[nH]c34)cc2N)CC1. The molecular weight excluding hydrogens is 534 g/mol. The van der Waals surface area contributed by atoms with E-state index in [2.05, 4.69) is 44.1 Å². The molecule has 6 rings (SSSR count). The number of amides is 1. The lowest BCUT2D eigenvalue weighted by Gasteiger charge is -2.33. The number of nitrogens with one attached hydrogen (secondary N) is 1. The van der Waals surface area contributed by atoms with E-state index in [1.54, 1.807) is 4.90 Å². The van der Waals surface area contributed by atoms with Gasteiger partial charge in [-0.25, -0.2) is 19.7 Å². The van der Waals surface area contributed by atoms with Gasteiger partial charge in [-0.05, 0) is 63.2 Å². The minimum atomic E-state index is -0.512. The van der Waals surface area contributed by atoms with Gasteiger partial charge in [0.05, 0.1) is 24.6 Å². The summed E-state index contributed by atoms with van der Waals surface area (Å²) < 4.78 is 17.2. The van der Waals surface area contributed by atoms with Crippen LogP contribution in [0.5, 0.6) is 5.75 Å². The minimum absolute atomic E-state index is 0.0348. The second-order valence-electron chi connectivity index (χ2n) is 11.7. The summed E-state index contributed by atoms with van der Waals surface area (Å²) in [7, 11) is 0. The lowest BCUT2D eigenvalue weighted by atomic mass is 10.1. The standard InChI is InChI=1S/C31H37N7O4/c1-31(2,3)42-30(39)38-12-10-23(11-13-38)41-25-9-6-21(18-24(25)32)26-27-29(34-19-33-26)36-28(35-27)20-4-7-22(8-5-20)37-14-16-40-17-15-37/h4-9,18-19,23H,10-17,32H2,1-3H3,(H,33,34,35,36). The zero-order chi connectivity index (χ0) is 29.3. The summed E-state index contributed by atoms with van der Waals surface area (Å²) >= 11 is 0. The number of H-pyrrole nitrogens is 1. The van der Waals surface area contributed by atoms with Crippen molar-refractivity contribution < 1.29 is 19.0 Å². The fourth-order valence-corrected chi connectivity index (χ4v) is 5.30. The van der Waals surface area contributed by atoms with E-state index in [0.717, 1.165) is 48.8 Å². The van der Waals surface area contributed by atoms with Gasteiger partial charge in [0, 0.05) is 55.8 Å². The second-order valence-corrected chi connectivity index (χ2v) is 11.7. The van der Waals surface area contributed by atoms with Crippen molar-refractivity contribution in [2.45, 2.75) is 45.3 Å². The van der Waals surface area contributed by atoms with E-state index in [1.807, 2.05) is 39.0 Å². The molecule has 0 aliphatic carbocycles. The van der Waals surface area contributed by atoms with Gasteiger partial charge in [-0.1, -0.05) is 0 Å². The molecule has 2 aliphatic heterocycles. The number of carbonyl (C=O) groups excluding carboxylic acids is 1. The molecule has 0 radical (unpaired) electrons. The number of nitrogens with two attached hydrogens (primary N) is 1. The average molecular weight is 572 g/mol. The summed E-state index contributed by atoms with van der Waals surface area (Å²) in [6.07, 6.45) is 2.61. The molecule has 2 saturated heterocycles. The van der Waals surface area contributed by atoms with Crippen LogP contribution < -0.4 is 15.4 Å². The van der Waals surface area contributed by atoms with E-state index in [9.17, 15) is 4.79 Å². The Morgan fingerprint density at radius 2 is 1.71 bits per heavy atom. The summed E-state index contributed by atoms with van der Waals surface area (Å²) in [5, 5.41) is 0. The molecule has 42 heavy (non-hydrogen) atoms. The van der Waals surface area contributed by atoms with E-state index < -0.39 is 5.60 Å². The molecule has 2 aromatic heterocycles. The van der Waals surface area contributed by atoms with Gasteiger partial charge >= 0.3 is 6.09 Å². The Balaban J connectivity index is 1.14. The molecule has 0 bridgehead atoms. The van der Waals surface area contributed by atoms with Crippen LogP contribution in [0.15, 0.2) is 48.8 Å². The molecule has 0 saturated carbocycles. The van der Waals surface area contributed by atoms with Crippen LogP contribution in [0.4, 0.5) is 16.2 Å². The number of rotatable bonds is 5. The number of fused-ring (bicyclic) bond motifs is 1. The zero-order valence-corrected chi connectivity index (χ0v) is 24.3. The lowest BCUT2D eigenvalue weighted by molar-refractivity contribution is 0.0127. The van der Waals surface area contributed by atoms with E-state index >= 15 is 0 Å². The Morgan fingerprint density at radius 1 is 1.00 bits per heavy atom. The Labute approximate surface area is 245 Å². The van der Waals surface area contributed by atoms with Crippen LogP contribution in [0.2, 0.25) is 0 Å². The van der Waals surface area contributed by atoms with Gasteiger partial charge in [-0.2, -0.15) is 0 Å². The number of carbonyl (C=O) groups is 1. The lowest BCUT2D eigenvalue weighted by Crippen LogP contribution is -2.44. The molecule has 220 valence electrons. The minimum Gasteiger partial charge on any atom is -0.488 e. The van der Waals surface area contributed by atoms with Gasteiger partial charge in [0.25, 0.3) is 0 Å². The zero-order valence-electron chi connectivity index (χ0n) is 24.3. The molecule has 0 unspecified atom stereocenters. The number of ether oxygens (including phenoxy) is 3.